The van der Waals surface area contributed by atoms with Gasteiger partial charge in [0.05, 0.1) is 0 Å². The highest BCUT2D eigenvalue weighted by atomic mass is 28.4. The third-order valence-corrected chi connectivity index (χ3v) is 18.8. The first kappa shape index (κ1) is 23.1. The Balaban J connectivity index is 2.07. The summed E-state index contributed by atoms with van der Waals surface area (Å²) in [5.74, 6) is 0. The molecule has 1 heterocycles. The summed E-state index contributed by atoms with van der Waals surface area (Å²) >= 11 is 0. The van der Waals surface area contributed by atoms with Gasteiger partial charge >= 0.3 is 9.28 Å². The molecule has 1 rings (SSSR count). The van der Waals surface area contributed by atoms with E-state index in [1.165, 1.54) is 31.7 Å². The van der Waals surface area contributed by atoms with Crippen molar-refractivity contribution in [2.24, 2.45) is 0 Å². The average molecular weight is 443 g/mol. The van der Waals surface area contributed by atoms with Gasteiger partial charge in [-0.2, -0.15) is 0 Å². The molecule has 3 unspecified atom stereocenters. The van der Waals surface area contributed by atoms with Gasteiger partial charge in [0, 0.05) is 6.10 Å². The minimum atomic E-state index is -1.57. The molecule has 0 aromatic rings. The van der Waals surface area contributed by atoms with Gasteiger partial charge in [-0.05, 0) is 44.7 Å². The van der Waals surface area contributed by atoms with Crippen LogP contribution >= 0.6 is 0 Å². The molecule has 5 nitrogen and oxygen atoms in total. The number of unbranched alkanes of at least 4 members (excludes halogenated alkanes) is 3. The van der Waals surface area contributed by atoms with Gasteiger partial charge in [0.25, 0.3) is 19.3 Å². The summed E-state index contributed by atoms with van der Waals surface area (Å²) in [4.78, 5) is 0. The van der Waals surface area contributed by atoms with E-state index in [0.29, 0.717) is 6.10 Å². The van der Waals surface area contributed by atoms with Gasteiger partial charge in [0.15, 0.2) is 8.32 Å². The zero-order chi connectivity index (χ0) is 17.8. The van der Waals surface area contributed by atoms with E-state index >= 15 is 0 Å². The van der Waals surface area contributed by atoms with Crippen LogP contribution in [0.4, 0.5) is 0 Å². The second-order valence-electron chi connectivity index (χ2n) is 7.24. The molecule has 24 heavy (non-hydrogen) atoms. The predicted octanol–water partition coefficient (Wildman–Crippen LogP) is 0.941. The predicted molar refractivity (Wildman–Crippen MR) is 117 cm³/mol. The van der Waals surface area contributed by atoms with Crippen molar-refractivity contribution in [3.05, 3.63) is 0 Å². The Morgan fingerprint density at radius 1 is 1.17 bits per heavy atom. The van der Waals surface area contributed by atoms with Crippen molar-refractivity contribution >= 4 is 56.4 Å². The molecule has 0 aromatic heterocycles. The number of hydrogen-bond donors (Lipinski definition) is 0. The third kappa shape index (κ3) is 11.7. The molecule has 1 aliphatic rings. The van der Waals surface area contributed by atoms with Crippen LogP contribution in [0, 0.1) is 0 Å². The van der Waals surface area contributed by atoms with Gasteiger partial charge in [0.2, 0.25) is 0 Å². The van der Waals surface area contributed by atoms with Crippen LogP contribution in [0.5, 0.6) is 0 Å². The van der Waals surface area contributed by atoms with E-state index in [2.05, 4.69) is 33.1 Å². The Hall–Kier alpha value is 1.10. The summed E-state index contributed by atoms with van der Waals surface area (Å²) < 4.78 is 29.9. The molecule has 0 aliphatic carbocycles. The Morgan fingerprint density at radius 2 is 1.92 bits per heavy atom. The van der Waals surface area contributed by atoms with Gasteiger partial charge in [-0.3, -0.25) is 0 Å². The van der Waals surface area contributed by atoms with Crippen LogP contribution in [0.1, 0.15) is 32.6 Å². The van der Waals surface area contributed by atoms with Gasteiger partial charge in [-0.25, -0.2) is 0 Å². The molecule has 0 spiro atoms. The topological polar surface area (TPSA) is 46.2 Å². The van der Waals surface area contributed by atoms with E-state index in [1.807, 2.05) is 0 Å². The Labute approximate surface area is 160 Å². The quantitative estimate of drug-likeness (QED) is 0.352. The standard InChI is InChI=1S/C13H38O5Si6/c1-13-12-24(4,5)18-22(3)17-23(14-13)11-9-7-6-8-10-20-16-21-15-19-2/h13,22-23H,6-12,19-21H2,1-5H3. The van der Waals surface area contributed by atoms with Gasteiger partial charge in [0.1, 0.15) is 19.5 Å². The van der Waals surface area contributed by atoms with Crippen LogP contribution in [0.15, 0.2) is 0 Å². The lowest BCUT2D eigenvalue weighted by Crippen LogP contribution is -2.47. The van der Waals surface area contributed by atoms with E-state index in [-0.39, 0.29) is 19.5 Å². The zero-order valence-corrected chi connectivity index (χ0v) is 23.9. The zero-order valence-electron chi connectivity index (χ0n) is 16.3. The molecule has 0 bridgehead atoms. The summed E-state index contributed by atoms with van der Waals surface area (Å²) in [6, 6.07) is 3.56. The van der Waals surface area contributed by atoms with Gasteiger partial charge in [-0.15, -0.1) is 0 Å². The van der Waals surface area contributed by atoms with E-state index < -0.39 is 36.9 Å². The normalized spacial score (nSPS) is 29.1. The molecule has 0 amide bonds. The summed E-state index contributed by atoms with van der Waals surface area (Å²) in [5, 5.41) is 0. The van der Waals surface area contributed by atoms with Crippen LogP contribution < -0.4 is 0 Å². The molecule has 0 saturated carbocycles. The highest BCUT2D eigenvalue weighted by Gasteiger charge is 2.34. The molecule has 1 fully saturated rings. The van der Waals surface area contributed by atoms with E-state index in [4.69, 9.17) is 20.9 Å². The smallest absolute Gasteiger partial charge is 0.312 e. The van der Waals surface area contributed by atoms with Crippen LogP contribution in [-0.4, -0.2) is 62.5 Å². The Bertz CT molecular complexity index is 309. The fraction of sp³-hybridized carbons (Fsp3) is 1.00. The lowest BCUT2D eigenvalue weighted by molar-refractivity contribution is 0.181. The molecule has 11 heteroatoms. The second-order valence-corrected chi connectivity index (χ2v) is 21.2. The molecule has 0 radical (unpaired) electrons. The van der Waals surface area contributed by atoms with Crippen LogP contribution in [-0.2, 0) is 20.9 Å². The molecule has 144 valence electrons. The van der Waals surface area contributed by atoms with Crippen molar-refractivity contribution in [3.8, 4) is 0 Å². The Kier molecular flexibility index (Phi) is 12.8. The Morgan fingerprint density at radius 3 is 2.67 bits per heavy atom. The summed E-state index contributed by atoms with van der Waals surface area (Å²) in [5.41, 5.74) is 0. The van der Waals surface area contributed by atoms with Crippen LogP contribution in [0.3, 0.4) is 0 Å². The van der Waals surface area contributed by atoms with Crippen molar-refractivity contribution in [2.75, 3.05) is 0 Å². The fourth-order valence-corrected chi connectivity index (χ4v) is 17.5. The van der Waals surface area contributed by atoms with Crippen molar-refractivity contribution < 1.29 is 20.9 Å². The largest absolute Gasteiger partial charge is 0.447 e. The summed E-state index contributed by atoms with van der Waals surface area (Å²) in [7, 11) is -5.66. The molecule has 1 aliphatic heterocycles. The summed E-state index contributed by atoms with van der Waals surface area (Å²) in [6.07, 6.45) is 5.49. The van der Waals surface area contributed by atoms with Crippen molar-refractivity contribution in [1.29, 1.82) is 0 Å². The first-order valence-electron chi connectivity index (χ1n) is 9.57. The molecular weight excluding hydrogens is 405 g/mol. The van der Waals surface area contributed by atoms with Crippen LogP contribution in [0.25, 0.3) is 0 Å². The second kappa shape index (κ2) is 13.3. The third-order valence-electron chi connectivity index (χ3n) is 4.09. The lowest BCUT2D eigenvalue weighted by Gasteiger charge is -2.36. The summed E-state index contributed by atoms with van der Waals surface area (Å²) in [6.45, 7) is 11.1. The van der Waals surface area contributed by atoms with Gasteiger partial charge < -0.3 is 20.9 Å². The van der Waals surface area contributed by atoms with Crippen molar-refractivity contribution in [2.45, 2.75) is 83.0 Å². The van der Waals surface area contributed by atoms with E-state index in [9.17, 15) is 0 Å². The molecule has 0 N–H and O–H groups in total. The monoisotopic (exact) mass is 442 g/mol. The molecule has 3 atom stereocenters. The lowest BCUT2D eigenvalue weighted by atomic mass is 10.2. The molecular formula is C13H38O5Si6. The van der Waals surface area contributed by atoms with E-state index in [1.54, 1.807) is 0 Å². The highest BCUT2D eigenvalue weighted by molar-refractivity contribution is 6.78. The maximum Gasteiger partial charge on any atom is 0.312 e. The van der Waals surface area contributed by atoms with Gasteiger partial charge in [-0.1, -0.05) is 32.2 Å². The average Bonchev–Trinajstić information content (AvgIpc) is 2.46. The molecule has 0 aromatic carbocycles. The van der Waals surface area contributed by atoms with Crippen molar-refractivity contribution in [3.63, 3.8) is 0 Å². The SMILES string of the molecule is C[SiH2]O[SiH2]O[SiH2]CCCCCC[SiH]1OC(C)C[Si](C)(C)O[SiH](C)O1. The molecule has 1 saturated heterocycles. The van der Waals surface area contributed by atoms with E-state index in [0.717, 1.165) is 12.1 Å². The fourth-order valence-electron chi connectivity index (χ4n) is 3.15. The number of hydrogen-bond acceptors (Lipinski definition) is 5. The maximum absolute atomic E-state index is 6.28. The maximum atomic E-state index is 6.28. The number of rotatable bonds is 11. The first-order valence-corrected chi connectivity index (χ1v) is 21.3. The van der Waals surface area contributed by atoms with Crippen molar-refractivity contribution in [1.82, 2.24) is 0 Å². The highest BCUT2D eigenvalue weighted by Crippen LogP contribution is 2.23. The van der Waals surface area contributed by atoms with Crippen LogP contribution in [0.2, 0.25) is 44.3 Å². The minimum absolute atomic E-state index is 0.230. The minimum Gasteiger partial charge on any atom is -0.447 e. The first-order chi connectivity index (χ1) is 11.4.